The number of hydrogen-bond acceptors (Lipinski definition) is 4. The summed E-state index contributed by atoms with van der Waals surface area (Å²) in [5.41, 5.74) is 1.68. The van der Waals surface area contributed by atoms with Crippen molar-refractivity contribution < 1.29 is 23.1 Å². The van der Waals surface area contributed by atoms with Crippen LogP contribution < -0.4 is 0 Å². The molecule has 0 saturated heterocycles. The quantitative estimate of drug-likeness (QED) is 0.242. The fourth-order valence-electron chi connectivity index (χ4n) is 3.67. The molecule has 0 N–H and O–H groups in total. The zero-order valence-corrected chi connectivity index (χ0v) is 20.9. The molecule has 0 aliphatic carbocycles. The van der Waals surface area contributed by atoms with E-state index in [0.717, 1.165) is 16.9 Å². The van der Waals surface area contributed by atoms with E-state index in [1.54, 1.807) is 23.1 Å². The molecule has 0 fully saturated rings. The van der Waals surface area contributed by atoms with Crippen molar-refractivity contribution in [2.45, 2.75) is 33.4 Å². The summed E-state index contributed by atoms with van der Waals surface area (Å²) in [6.07, 6.45) is 3.84. The number of benzene rings is 2. The Balaban J connectivity index is 1.75. The van der Waals surface area contributed by atoms with E-state index < -0.39 is 0 Å². The molecule has 0 radical (unpaired) electrons. The van der Waals surface area contributed by atoms with Crippen LogP contribution in [0.5, 0.6) is 0 Å². The Hall–Kier alpha value is -3.71. The molecule has 7 heteroatoms. The van der Waals surface area contributed by atoms with Crippen LogP contribution in [0.4, 0.5) is 4.39 Å². The lowest BCUT2D eigenvalue weighted by molar-refractivity contribution is -0.139. The smallest absolute Gasteiger partial charge is 0.247 e. The Bertz CT molecular complexity index is 1130. The van der Waals surface area contributed by atoms with Crippen LogP contribution in [-0.4, -0.2) is 47.9 Å². The molecule has 36 heavy (non-hydrogen) atoms. The van der Waals surface area contributed by atoms with E-state index in [1.165, 1.54) is 23.1 Å². The third-order valence-corrected chi connectivity index (χ3v) is 5.56. The van der Waals surface area contributed by atoms with Crippen molar-refractivity contribution in [1.82, 2.24) is 9.80 Å². The molecule has 3 aromatic rings. The summed E-state index contributed by atoms with van der Waals surface area (Å²) in [6.45, 7) is 5.65. The van der Waals surface area contributed by atoms with Crippen molar-refractivity contribution in [1.29, 1.82) is 0 Å². The second-order valence-electron chi connectivity index (χ2n) is 8.44. The first kappa shape index (κ1) is 26.9. The second-order valence-corrected chi connectivity index (χ2v) is 8.44. The van der Waals surface area contributed by atoms with Crippen LogP contribution in [0.3, 0.4) is 0 Å². The summed E-state index contributed by atoms with van der Waals surface area (Å²) < 4.78 is 24.5. The third kappa shape index (κ3) is 8.82. The predicted octanol–water partition coefficient (Wildman–Crippen LogP) is 5.22. The number of amides is 2. The minimum atomic E-state index is -0.338. The number of carbonyl (C=O) groups excluding carboxylic acids is 2. The molecular formula is C29H33FN2O4. The number of hydrogen-bond donors (Lipinski definition) is 0. The van der Waals surface area contributed by atoms with Gasteiger partial charge in [-0.15, -0.1) is 0 Å². The maximum absolute atomic E-state index is 13.5. The van der Waals surface area contributed by atoms with Crippen LogP contribution in [0.1, 0.15) is 36.0 Å². The molecule has 0 saturated carbocycles. The Morgan fingerprint density at radius 3 is 2.39 bits per heavy atom. The van der Waals surface area contributed by atoms with Crippen LogP contribution in [0.15, 0.2) is 77.2 Å². The van der Waals surface area contributed by atoms with Gasteiger partial charge in [0.05, 0.1) is 6.54 Å². The van der Waals surface area contributed by atoms with E-state index in [9.17, 15) is 14.0 Å². The average molecular weight is 493 g/mol. The Kier molecular flexibility index (Phi) is 10.5. The van der Waals surface area contributed by atoms with Gasteiger partial charge >= 0.3 is 0 Å². The third-order valence-electron chi connectivity index (χ3n) is 5.56. The van der Waals surface area contributed by atoms with Crippen molar-refractivity contribution in [2.24, 2.45) is 0 Å². The average Bonchev–Trinajstić information content (AvgIpc) is 3.30. The second kappa shape index (κ2) is 14.0. The van der Waals surface area contributed by atoms with Crippen molar-refractivity contribution in [3.05, 3.63) is 101 Å². The predicted molar refractivity (Wildman–Crippen MR) is 137 cm³/mol. The lowest BCUT2D eigenvalue weighted by atomic mass is 10.2. The van der Waals surface area contributed by atoms with Gasteiger partial charge in [-0.05, 0) is 61.7 Å². The SMILES string of the molecule is CCOCCCN(CC(=O)N(Cc1ccc(F)cc1)Cc1ccc(C)o1)C(=O)C=Cc1ccccc1. The number of aryl methyl sites for hydroxylation is 1. The van der Waals surface area contributed by atoms with Gasteiger partial charge in [-0.3, -0.25) is 9.59 Å². The van der Waals surface area contributed by atoms with E-state index in [2.05, 4.69) is 0 Å². The number of carbonyl (C=O) groups is 2. The zero-order chi connectivity index (χ0) is 25.8. The van der Waals surface area contributed by atoms with Gasteiger partial charge in [0.15, 0.2) is 0 Å². The first-order chi connectivity index (χ1) is 17.4. The normalized spacial score (nSPS) is 11.1. The molecule has 0 unspecified atom stereocenters. The van der Waals surface area contributed by atoms with Gasteiger partial charge in [0.2, 0.25) is 11.8 Å². The van der Waals surface area contributed by atoms with Gasteiger partial charge in [0.1, 0.15) is 23.9 Å². The monoisotopic (exact) mass is 492 g/mol. The maximum Gasteiger partial charge on any atom is 0.247 e. The van der Waals surface area contributed by atoms with E-state index in [0.29, 0.717) is 31.9 Å². The van der Waals surface area contributed by atoms with E-state index in [-0.39, 0.29) is 37.3 Å². The molecule has 190 valence electrons. The van der Waals surface area contributed by atoms with E-state index in [1.807, 2.05) is 56.3 Å². The topological polar surface area (TPSA) is 63.0 Å². The number of ether oxygens (including phenoxy) is 1. The molecule has 0 aliphatic rings. The highest BCUT2D eigenvalue weighted by Crippen LogP contribution is 2.15. The fraction of sp³-hybridized carbons (Fsp3) is 0.310. The fourth-order valence-corrected chi connectivity index (χ4v) is 3.67. The van der Waals surface area contributed by atoms with Crippen molar-refractivity contribution in [3.63, 3.8) is 0 Å². The van der Waals surface area contributed by atoms with Crippen LogP contribution in [-0.2, 0) is 27.4 Å². The minimum absolute atomic E-state index is 0.0923. The van der Waals surface area contributed by atoms with E-state index >= 15 is 0 Å². The van der Waals surface area contributed by atoms with Crippen molar-refractivity contribution in [2.75, 3.05) is 26.3 Å². The highest BCUT2D eigenvalue weighted by Gasteiger charge is 2.21. The Labute approximate surface area is 212 Å². The first-order valence-electron chi connectivity index (χ1n) is 12.1. The Morgan fingerprint density at radius 2 is 1.72 bits per heavy atom. The van der Waals surface area contributed by atoms with Crippen LogP contribution in [0.2, 0.25) is 0 Å². The van der Waals surface area contributed by atoms with Crippen LogP contribution in [0.25, 0.3) is 6.08 Å². The molecular weight excluding hydrogens is 459 g/mol. The number of rotatable bonds is 13. The summed E-state index contributed by atoms with van der Waals surface area (Å²) in [4.78, 5) is 29.7. The number of nitrogens with zero attached hydrogens (tertiary/aromatic N) is 2. The molecule has 0 aliphatic heterocycles. The van der Waals surface area contributed by atoms with Crippen LogP contribution in [0, 0.1) is 12.7 Å². The molecule has 1 heterocycles. The van der Waals surface area contributed by atoms with Gasteiger partial charge in [-0.2, -0.15) is 0 Å². The lowest BCUT2D eigenvalue weighted by Crippen LogP contribution is -2.42. The van der Waals surface area contributed by atoms with Gasteiger partial charge in [-0.1, -0.05) is 42.5 Å². The Morgan fingerprint density at radius 1 is 0.972 bits per heavy atom. The summed E-state index contributed by atoms with van der Waals surface area (Å²) >= 11 is 0. The molecule has 0 bridgehead atoms. The van der Waals surface area contributed by atoms with Crippen molar-refractivity contribution >= 4 is 17.9 Å². The number of halogens is 1. The van der Waals surface area contributed by atoms with Gasteiger partial charge in [0.25, 0.3) is 0 Å². The highest BCUT2D eigenvalue weighted by atomic mass is 19.1. The van der Waals surface area contributed by atoms with Crippen LogP contribution >= 0.6 is 0 Å². The zero-order valence-electron chi connectivity index (χ0n) is 20.9. The van der Waals surface area contributed by atoms with Crippen molar-refractivity contribution in [3.8, 4) is 0 Å². The summed E-state index contributed by atoms with van der Waals surface area (Å²) in [7, 11) is 0. The molecule has 1 aromatic heterocycles. The highest BCUT2D eigenvalue weighted by molar-refractivity contribution is 5.94. The summed E-state index contributed by atoms with van der Waals surface area (Å²) in [5.74, 6) is 0.569. The van der Waals surface area contributed by atoms with Gasteiger partial charge < -0.3 is 19.0 Å². The van der Waals surface area contributed by atoms with Gasteiger partial charge in [0, 0.05) is 32.4 Å². The lowest BCUT2D eigenvalue weighted by Gasteiger charge is -2.27. The summed E-state index contributed by atoms with van der Waals surface area (Å²) in [5, 5.41) is 0. The maximum atomic E-state index is 13.5. The molecule has 3 rings (SSSR count). The summed E-state index contributed by atoms with van der Waals surface area (Å²) in [6, 6.07) is 19.2. The molecule has 2 amide bonds. The molecule has 6 nitrogen and oxygen atoms in total. The first-order valence-corrected chi connectivity index (χ1v) is 12.1. The largest absolute Gasteiger partial charge is 0.464 e. The standard InChI is InChI=1S/C29H33FN2O4/c1-3-35-19-7-18-31(28(33)17-13-24-8-5-4-6-9-24)22-29(34)32(21-27-16-10-23(2)36-27)20-25-11-14-26(30)15-12-25/h4-6,8-17H,3,7,18-22H2,1-2H3. The number of furan rings is 1. The molecule has 0 atom stereocenters. The molecule has 0 spiro atoms. The van der Waals surface area contributed by atoms with Gasteiger partial charge in [-0.25, -0.2) is 4.39 Å². The van der Waals surface area contributed by atoms with E-state index in [4.69, 9.17) is 9.15 Å². The molecule has 2 aromatic carbocycles. The minimum Gasteiger partial charge on any atom is -0.464 e.